The molecule has 0 unspecified atom stereocenters. The van der Waals surface area contributed by atoms with E-state index in [2.05, 4.69) is 23.0 Å². The second-order valence-electron chi connectivity index (χ2n) is 4.45. The zero-order valence-electron chi connectivity index (χ0n) is 9.07. The van der Waals surface area contributed by atoms with Crippen molar-refractivity contribution in [2.24, 2.45) is 0 Å². The molecule has 1 atom stereocenters. The van der Waals surface area contributed by atoms with Gasteiger partial charge in [-0.15, -0.1) is 0 Å². The molecule has 0 amide bonds. The molecule has 1 saturated heterocycles. The highest BCUT2D eigenvalue weighted by molar-refractivity contribution is 5.35. The summed E-state index contributed by atoms with van der Waals surface area (Å²) in [4.78, 5) is 6.89. The smallest absolute Gasteiger partial charge is 0.141 e. The lowest BCUT2D eigenvalue weighted by Crippen LogP contribution is -2.17. The molecule has 2 aliphatic heterocycles. The largest absolute Gasteiger partial charge is 0.491 e. The van der Waals surface area contributed by atoms with Gasteiger partial charge in [0, 0.05) is 18.7 Å². The van der Waals surface area contributed by atoms with E-state index in [9.17, 15) is 0 Å². The Morgan fingerprint density at radius 1 is 1.53 bits per heavy atom. The van der Waals surface area contributed by atoms with Gasteiger partial charge < -0.3 is 4.74 Å². The standard InChI is InChI=1S/C12H16N2O/c1-14-5-2-3-11(14)9-7-12-10(13-8-9)4-6-15-12/h7-8,11H,2-6H2,1H3/t11-/m0/s1. The molecular weight excluding hydrogens is 188 g/mol. The third-order valence-electron chi connectivity index (χ3n) is 3.45. The summed E-state index contributed by atoms with van der Waals surface area (Å²) < 4.78 is 5.55. The minimum atomic E-state index is 0.548. The first-order chi connectivity index (χ1) is 7.34. The molecule has 80 valence electrons. The van der Waals surface area contributed by atoms with Crippen LogP contribution < -0.4 is 4.74 Å². The van der Waals surface area contributed by atoms with Crippen LogP contribution in [0.5, 0.6) is 5.75 Å². The monoisotopic (exact) mass is 204 g/mol. The third-order valence-corrected chi connectivity index (χ3v) is 3.45. The fraction of sp³-hybridized carbons (Fsp3) is 0.583. The molecule has 0 aromatic carbocycles. The van der Waals surface area contributed by atoms with Gasteiger partial charge in [0.05, 0.1) is 12.3 Å². The quantitative estimate of drug-likeness (QED) is 0.697. The second kappa shape index (κ2) is 3.49. The average Bonchev–Trinajstić information content (AvgIpc) is 2.84. The summed E-state index contributed by atoms with van der Waals surface area (Å²) in [5.41, 5.74) is 2.44. The lowest BCUT2D eigenvalue weighted by Gasteiger charge is -2.19. The number of ether oxygens (including phenoxy) is 1. The second-order valence-corrected chi connectivity index (χ2v) is 4.45. The van der Waals surface area contributed by atoms with Crippen molar-refractivity contribution in [2.45, 2.75) is 25.3 Å². The zero-order chi connectivity index (χ0) is 10.3. The molecule has 0 N–H and O–H groups in total. The molecule has 0 bridgehead atoms. The lowest BCUT2D eigenvalue weighted by atomic mass is 10.1. The first-order valence-corrected chi connectivity index (χ1v) is 5.66. The minimum Gasteiger partial charge on any atom is -0.491 e. The molecule has 1 fully saturated rings. The van der Waals surface area contributed by atoms with Crippen molar-refractivity contribution in [2.75, 3.05) is 20.2 Å². The summed E-state index contributed by atoms with van der Waals surface area (Å²) in [6.45, 7) is 1.99. The number of rotatable bonds is 1. The molecule has 1 aromatic heterocycles. The maximum atomic E-state index is 5.55. The summed E-state index contributed by atoms with van der Waals surface area (Å²) in [6, 6.07) is 2.73. The van der Waals surface area contributed by atoms with Crippen molar-refractivity contribution in [1.82, 2.24) is 9.88 Å². The Morgan fingerprint density at radius 3 is 3.27 bits per heavy atom. The Bertz CT molecular complexity index is 378. The van der Waals surface area contributed by atoms with E-state index in [0.717, 1.165) is 24.5 Å². The number of hydrogen-bond acceptors (Lipinski definition) is 3. The van der Waals surface area contributed by atoms with E-state index < -0.39 is 0 Å². The van der Waals surface area contributed by atoms with Crippen LogP contribution in [-0.4, -0.2) is 30.1 Å². The molecule has 3 nitrogen and oxygen atoms in total. The van der Waals surface area contributed by atoms with Gasteiger partial charge in [0.25, 0.3) is 0 Å². The van der Waals surface area contributed by atoms with Crippen molar-refractivity contribution in [3.63, 3.8) is 0 Å². The summed E-state index contributed by atoms with van der Waals surface area (Å²) >= 11 is 0. The molecule has 15 heavy (non-hydrogen) atoms. The van der Waals surface area contributed by atoms with Gasteiger partial charge in [-0.05, 0) is 38.1 Å². The highest BCUT2D eigenvalue weighted by Gasteiger charge is 2.24. The van der Waals surface area contributed by atoms with Gasteiger partial charge in [-0.25, -0.2) is 0 Å². The fourth-order valence-electron chi connectivity index (χ4n) is 2.57. The highest BCUT2D eigenvalue weighted by atomic mass is 16.5. The first-order valence-electron chi connectivity index (χ1n) is 5.66. The Labute approximate surface area is 90.1 Å². The molecule has 0 spiro atoms. The average molecular weight is 204 g/mol. The Kier molecular flexibility index (Phi) is 2.13. The van der Waals surface area contributed by atoms with Crippen molar-refractivity contribution in [3.8, 4) is 5.75 Å². The van der Waals surface area contributed by atoms with Gasteiger partial charge in [0.2, 0.25) is 0 Å². The highest BCUT2D eigenvalue weighted by Crippen LogP contribution is 2.33. The van der Waals surface area contributed by atoms with Crippen LogP contribution in [-0.2, 0) is 6.42 Å². The normalized spacial score (nSPS) is 25.3. The van der Waals surface area contributed by atoms with E-state index in [1.807, 2.05) is 6.20 Å². The van der Waals surface area contributed by atoms with Gasteiger partial charge in [0.1, 0.15) is 5.75 Å². The molecule has 3 heterocycles. The summed E-state index contributed by atoms with van der Waals surface area (Å²) in [5, 5.41) is 0. The minimum absolute atomic E-state index is 0.548. The lowest BCUT2D eigenvalue weighted by molar-refractivity contribution is 0.314. The van der Waals surface area contributed by atoms with E-state index in [4.69, 9.17) is 4.74 Å². The molecule has 1 aromatic rings. The molecular formula is C12H16N2O. The molecule has 3 heteroatoms. The van der Waals surface area contributed by atoms with Crippen LogP contribution in [0.2, 0.25) is 0 Å². The number of aromatic nitrogens is 1. The zero-order valence-corrected chi connectivity index (χ0v) is 9.07. The van der Waals surface area contributed by atoms with Crippen LogP contribution in [0.4, 0.5) is 0 Å². The molecule has 0 radical (unpaired) electrons. The van der Waals surface area contributed by atoms with Gasteiger partial charge in [-0.1, -0.05) is 0 Å². The van der Waals surface area contributed by atoms with Crippen molar-refractivity contribution >= 4 is 0 Å². The van der Waals surface area contributed by atoms with Crippen molar-refractivity contribution in [3.05, 3.63) is 23.5 Å². The molecule has 0 aliphatic carbocycles. The molecule has 0 saturated carbocycles. The predicted molar refractivity (Wildman–Crippen MR) is 58.0 cm³/mol. The van der Waals surface area contributed by atoms with E-state index in [1.54, 1.807) is 0 Å². The first kappa shape index (κ1) is 9.16. The van der Waals surface area contributed by atoms with Gasteiger partial charge in [-0.3, -0.25) is 9.88 Å². The van der Waals surface area contributed by atoms with Crippen LogP contribution in [0.3, 0.4) is 0 Å². The van der Waals surface area contributed by atoms with Crippen molar-refractivity contribution < 1.29 is 4.74 Å². The fourth-order valence-corrected chi connectivity index (χ4v) is 2.57. The number of hydrogen-bond donors (Lipinski definition) is 0. The van der Waals surface area contributed by atoms with Gasteiger partial charge in [0.15, 0.2) is 0 Å². The van der Waals surface area contributed by atoms with E-state index in [0.29, 0.717) is 6.04 Å². The van der Waals surface area contributed by atoms with Gasteiger partial charge in [-0.2, -0.15) is 0 Å². The van der Waals surface area contributed by atoms with Crippen LogP contribution >= 0.6 is 0 Å². The number of nitrogens with zero attached hydrogens (tertiary/aromatic N) is 2. The van der Waals surface area contributed by atoms with E-state index in [-0.39, 0.29) is 0 Å². The van der Waals surface area contributed by atoms with E-state index in [1.165, 1.54) is 24.9 Å². The Balaban J connectivity index is 1.92. The number of pyridine rings is 1. The summed E-state index contributed by atoms with van der Waals surface area (Å²) in [7, 11) is 2.19. The topological polar surface area (TPSA) is 25.4 Å². The predicted octanol–water partition coefficient (Wildman–Crippen LogP) is 1.78. The van der Waals surface area contributed by atoms with Crippen LogP contribution in [0.1, 0.15) is 30.1 Å². The summed E-state index contributed by atoms with van der Waals surface area (Å²) in [5.74, 6) is 1.01. The van der Waals surface area contributed by atoms with Crippen LogP contribution in [0.25, 0.3) is 0 Å². The maximum absolute atomic E-state index is 5.55. The van der Waals surface area contributed by atoms with Crippen LogP contribution in [0.15, 0.2) is 12.3 Å². The summed E-state index contributed by atoms with van der Waals surface area (Å²) in [6.07, 6.45) is 5.53. The molecule has 2 aliphatic rings. The molecule has 3 rings (SSSR count). The Morgan fingerprint density at radius 2 is 2.47 bits per heavy atom. The van der Waals surface area contributed by atoms with Gasteiger partial charge >= 0.3 is 0 Å². The van der Waals surface area contributed by atoms with Crippen LogP contribution in [0, 0.1) is 0 Å². The number of likely N-dealkylation sites (tertiary alicyclic amines) is 1. The number of fused-ring (bicyclic) bond motifs is 1. The van der Waals surface area contributed by atoms with Crippen molar-refractivity contribution in [1.29, 1.82) is 0 Å². The third kappa shape index (κ3) is 1.51. The maximum Gasteiger partial charge on any atom is 0.141 e. The SMILES string of the molecule is CN1CCC[C@H]1c1cnc2c(c1)OCC2. The van der Waals surface area contributed by atoms with E-state index >= 15 is 0 Å². The Hall–Kier alpha value is -1.09.